The molecule has 4 nitrogen and oxygen atoms in total. The minimum absolute atomic E-state index is 0.155. The van der Waals surface area contributed by atoms with Gasteiger partial charge in [0.1, 0.15) is 6.17 Å². The van der Waals surface area contributed by atoms with Crippen molar-refractivity contribution >= 4 is 53.7 Å². The molecule has 0 N–H and O–H groups in total. The highest BCUT2D eigenvalue weighted by Gasteiger charge is 2.15. The monoisotopic (exact) mass is 424 g/mol. The zero-order valence-corrected chi connectivity index (χ0v) is 14.6. The molecule has 0 aliphatic carbocycles. The molecule has 0 aliphatic rings. The average molecular weight is 426 g/mol. The molecule has 2 aromatic carbocycles. The Morgan fingerprint density at radius 3 is 2.14 bits per heavy atom. The molecule has 0 radical (unpaired) electrons. The van der Waals surface area contributed by atoms with Gasteiger partial charge in [0.15, 0.2) is 0 Å². The second kappa shape index (κ2) is 6.28. The highest BCUT2D eigenvalue weighted by atomic mass is 79.9. The van der Waals surface area contributed by atoms with Crippen LogP contribution in [0.3, 0.4) is 0 Å². The normalized spacial score (nSPS) is 12.5. The molecule has 0 saturated carbocycles. The third kappa shape index (κ3) is 2.84. The van der Waals surface area contributed by atoms with E-state index in [9.17, 15) is 4.39 Å². The molecule has 1 atom stereocenters. The lowest BCUT2D eigenvalue weighted by Crippen LogP contribution is -2.14. The van der Waals surface area contributed by atoms with Gasteiger partial charge in [0, 0.05) is 35.7 Å². The fourth-order valence-corrected chi connectivity index (χ4v) is 3.35. The fraction of sp³-hybridized carbons (Fsp3) is 0.200. The Labute approximate surface area is 142 Å². The van der Waals surface area contributed by atoms with Crippen molar-refractivity contribution in [1.82, 2.24) is 4.57 Å². The van der Waals surface area contributed by atoms with E-state index in [-0.39, 0.29) is 13.1 Å². The van der Waals surface area contributed by atoms with Crippen molar-refractivity contribution in [2.75, 3.05) is 6.54 Å². The molecule has 0 spiro atoms. The molecular weight excluding hydrogens is 415 g/mol. The van der Waals surface area contributed by atoms with Crippen molar-refractivity contribution in [3.05, 3.63) is 55.8 Å². The summed E-state index contributed by atoms with van der Waals surface area (Å²) in [6.07, 6.45) is -1.22. The third-order valence-corrected chi connectivity index (χ3v) is 4.50. The predicted octanol–water partition coefficient (Wildman–Crippen LogP) is 5.97. The SMILES string of the molecule is [N-]=[N+]=NC[C@H](F)Cn1c2ccc(Br)cc2c2cc(Br)ccc21. The highest BCUT2D eigenvalue weighted by Crippen LogP contribution is 2.33. The van der Waals surface area contributed by atoms with Gasteiger partial charge in [0.2, 0.25) is 0 Å². The van der Waals surface area contributed by atoms with Crippen molar-refractivity contribution in [2.24, 2.45) is 5.11 Å². The maximum atomic E-state index is 14.1. The lowest BCUT2D eigenvalue weighted by molar-refractivity contribution is 0.309. The summed E-state index contributed by atoms with van der Waals surface area (Å²) in [5, 5.41) is 5.43. The number of nitrogens with zero attached hydrogens (tertiary/aromatic N) is 4. The summed E-state index contributed by atoms with van der Waals surface area (Å²) in [5.41, 5.74) is 10.2. The van der Waals surface area contributed by atoms with Crippen LogP contribution in [0, 0.1) is 0 Å². The zero-order valence-electron chi connectivity index (χ0n) is 11.4. The molecular formula is C15H11Br2FN4. The molecule has 0 aliphatic heterocycles. The molecule has 0 unspecified atom stereocenters. The average Bonchev–Trinajstić information content (AvgIpc) is 2.78. The second-order valence-corrected chi connectivity index (χ2v) is 6.78. The topological polar surface area (TPSA) is 53.7 Å². The van der Waals surface area contributed by atoms with Gasteiger partial charge in [-0.15, -0.1) is 0 Å². The van der Waals surface area contributed by atoms with Gasteiger partial charge in [0.25, 0.3) is 0 Å². The molecule has 112 valence electrons. The van der Waals surface area contributed by atoms with Crippen LogP contribution in [0.25, 0.3) is 32.2 Å². The first kappa shape index (κ1) is 15.3. The summed E-state index contributed by atoms with van der Waals surface area (Å²) in [4.78, 5) is 2.62. The number of alkyl halides is 1. The van der Waals surface area contributed by atoms with E-state index in [1.165, 1.54) is 0 Å². The smallest absolute Gasteiger partial charge is 0.124 e. The van der Waals surface area contributed by atoms with Gasteiger partial charge in [-0.3, -0.25) is 0 Å². The standard InChI is InChI=1S/C15H11Br2FN4/c16-9-1-3-14-12(5-9)13-6-10(17)2-4-15(13)22(14)8-11(18)7-20-21-19/h1-6,11H,7-8H2/t11-/m0/s1. The van der Waals surface area contributed by atoms with E-state index in [4.69, 9.17) is 5.53 Å². The Morgan fingerprint density at radius 2 is 1.64 bits per heavy atom. The molecule has 1 aromatic heterocycles. The Kier molecular flexibility index (Phi) is 4.38. The van der Waals surface area contributed by atoms with Crippen LogP contribution in [-0.4, -0.2) is 17.3 Å². The van der Waals surface area contributed by atoms with Gasteiger partial charge in [0.05, 0.1) is 13.1 Å². The Bertz CT molecular complexity index is 840. The van der Waals surface area contributed by atoms with Gasteiger partial charge < -0.3 is 4.57 Å². The maximum absolute atomic E-state index is 14.1. The van der Waals surface area contributed by atoms with Crippen LogP contribution in [0.4, 0.5) is 4.39 Å². The van der Waals surface area contributed by atoms with Crippen molar-refractivity contribution in [2.45, 2.75) is 12.7 Å². The van der Waals surface area contributed by atoms with Gasteiger partial charge in [-0.2, -0.15) is 0 Å². The van der Waals surface area contributed by atoms with E-state index in [1.54, 1.807) is 0 Å². The minimum Gasteiger partial charge on any atom is -0.338 e. The van der Waals surface area contributed by atoms with Crippen molar-refractivity contribution in [1.29, 1.82) is 0 Å². The molecule has 0 bridgehead atoms. The summed E-state index contributed by atoms with van der Waals surface area (Å²) in [6, 6.07) is 11.9. The van der Waals surface area contributed by atoms with Gasteiger partial charge in [-0.1, -0.05) is 37.0 Å². The number of hydrogen-bond acceptors (Lipinski definition) is 1. The lowest BCUT2D eigenvalue weighted by Gasteiger charge is -2.10. The number of hydrogen-bond donors (Lipinski definition) is 0. The highest BCUT2D eigenvalue weighted by molar-refractivity contribution is 9.10. The van der Waals surface area contributed by atoms with Crippen LogP contribution in [0.2, 0.25) is 0 Å². The van der Waals surface area contributed by atoms with Gasteiger partial charge in [-0.25, -0.2) is 4.39 Å². The predicted molar refractivity (Wildman–Crippen MR) is 93.8 cm³/mol. The number of halogens is 3. The van der Waals surface area contributed by atoms with E-state index in [0.29, 0.717) is 0 Å². The van der Waals surface area contributed by atoms with Crippen LogP contribution in [-0.2, 0) is 6.54 Å². The molecule has 22 heavy (non-hydrogen) atoms. The van der Waals surface area contributed by atoms with E-state index >= 15 is 0 Å². The van der Waals surface area contributed by atoms with Crippen molar-refractivity contribution in [3.8, 4) is 0 Å². The van der Waals surface area contributed by atoms with E-state index < -0.39 is 6.17 Å². The third-order valence-electron chi connectivity index (χ3n) is 3.51. The molecule has 0 fully saturated rings. The number of aromatic nitrogens is 1. The van der Waals surface area contributed by atoms with Crippen molar-refractivity contribution in [3.63, 3.8) is 0 Å². The summed E-state index contributed by atoms with van der Waals surface area (Å²) in [7, 11) is 0. The van der Waals surface area contributed by atoms with Crippen LogP contribution >= 0.6 is 31.9 Å². The molecule has 7 heteroatoms. The Hall–Kier alpha value is -1.56. The van der Waals surface area contributed by atoms with Gasteiger partial charge in [-0.05, 0) is 41.9 Å². The van der Waals surface area contributed by atoms with Gasteiger partial charge >= 0.3 is 0 Å². The van der Waals surface area contributed by atoms with Crippen LogP contribution < -0.4 is 0 Å². The number of benzene rings is 2. The summed E-state index contributed by atoms with van der Waals surface area (Å²) in [6.45, 7) is -0.00694. The molecule has 3 rings (SSSR count). The first-order valence-corrected chi connectivity index (χ1v) is 8.20. The van der Waals surface area contributed by atoms with E-state index in [0.717, 1.165) is 30.8 Å². The molecule has 0 amide bonds. The van der Waals surface area contributed by atoms with Crippen molar-refractivity contribution < 1.29 is 4.39 Å². The first-order valence-electron chi connectivity index (χ1n) is 6.62. The number of azide groups is 1. The Balaban J connectivity index is 2.20. The lowest BCUT2D eigenvalue weighted by atomic mass is 10.2. The minimum atomic E-state index is -1.22. The molecule has 1 heterocycles. The summed E-state index contributed by atoms with van der Waals surface area (Å²) < 4.78 is 17.9. The summed E-state index contributed by atoms with van der Waals surface area (Å²) >= 11 is 6.96. The van der Waals surface area contributed by atoms with E-state index in [1.807, 2.05) is 41.0 Å². The zero-order chi connectivity index (χ0) is 15.7. The number of rotatable bonds is 4. The quantitative estimate of drug-likeness (QED) is 0.281. The van der Waals surface area contributed by atoms with E-state index in [2.05, 4.69) is 41.9 Å². The maximum Gasteiger partial charge on any atom is 0.124 e. The Morgan fingerprint density at radius 1 is 1.09 bits per heavy atom. The summed E-state index contributed by atoms with van der Waals surface area (Å²) in [5.74, 6) is 0. The second-order valence-electron chi connectivity index (χ2n) is 4.94. The fourth-order valence-electron chi connectivity index (χ4n) is 2.63. The van der Waals surface area contributed by atoms with Crippen LogP contribution in [0.15, 0.2) is 50.5 Å². The molecule has 0 saturated heterocycles. The van der Waals surface area contributed by atoms with Crippen LogP contribution in [0.1, 0.15) is 0 Å². The molecule has 3 aromatic rings. The largest absolute Gasteiger partial charge is 0.338 e. The van der Waals surface area contributed by atoms with Crippen LogP contribution in [0.5, 0.6) is 0 Å². The number of fused-ring (bicyclic) bond motifs is 3. The first-order chi connectivity index (χ1) is 10.6.